The summed E-state index contributed by atoms with van der Waals surface area (Å²) in [5.41, 5.74) is 5.26. The van der Waals surface area contributed by atoms with Crippen molar-refractivity contribution in [2.75, 3.05) is 20.8 Å². The standard InChI is InChI=1S/C13H21NO3/c1-9(2)13(15,8-14)11-7-10(16-3)5-6-12(11)17-4/h5-7,9,15H,8,14H2,1-4H3. The van der Waals surface area contributed by atoms with Crippen molar-refractivity contribution in [2.24, 2.45) is 11.7 Å². The van der Waals surface area contributed by atoms with Gasteiger partial charge < -0.3 is 20.3 Å². The lowest BCUT2D eigenvalue weighted by atomic mass is 9.83. The molecule has 1 atom stereocenters. The van der Waals surface area contributed by atoms with E-state index in [1.807, 2.05) is 13.8 Å². The Bertz CT molecular complexity index is 379. The molecule has 0 aromatic heterocycles. The van der Waals surface area contributed by atoms with E-state index in [0.717, 1.165) is 0 Å². The molecule has 4 heteroatoms. The SMILES string of the molecule is COc1ccc(OC)c(C(O)(CN)C(C)C)c1. The van der Waals surface area contributed by atoms with Gasteiger partial charge >= 0.3 is 0 Å². The van der Waals surface area contributed by atoms with Gasteiger partial charge in [0.15, 0.2) is 0 Å². The smallest absolute Gasteiger partial charge is 0.125 e. The van der Waals surface area contributed by atoms with Crippen LogP contribution >= 0.6 is 0 Å². The Morgan fingerprint density at radius 1 is 1.29 bits per heavy atom. The van der Waals surface area contributed by atoms with E-state index in [9.17, 15) is 5.11 Å². The minimum Gasteiger partial charge on any atom is -0.497 e. The molecule has 96 valence electrons. The maximum Gasteiger partial charge on any atom is 0.125 e. The highest BCUT2D eigenvalue weighted by molar-refractivity contribution is 5.44. The van der Waals surface area contributed by atoms with Crippen molar-refractivity contribution < 1.29 is 14.6 Å². The normalized spacial score (nSPS) is 14.5. The minimum absolute atomic E-state index is 0.0199. The Hall–Kier alpha value is -1.26. The van der Waals surface area contributed by atoms with Gasteiger partial charge in [-0.1, -0.05) is 13.8 Å². The average Bonchev–Trinajstić information content (AvgIpc) is 2.36. The number of benzene rings is 1. The minimum atomic E-state index is -1.11. The van der Waals surface area contributed by atoms with E-state index in [-0.39, 0.29) is 12.5 Å². The van der Waals surface area contributed by atoms with Gasteiger partial charge in [-0.05, 0) is 24.1 Å². The largest absolute Gasteiger partial charge is 0.497 e. The maximum atomic E-state index is 10.6. The van der Waals surface area contributed by atoms with Gasteiger partial charge in [-0.3, -0.25) is 0 Å². The molecule has 1 aromatic rings. The molecule has 0 fully saturated rings. The van der Waals surface area contributed by atoms with Crippen LogP contribution in [0.5, 0.6) is 11.5 Å². The van der Waals surface area contributed by atoms with Crippen LogP contribution in [0.1, 0.15) is 19.4 Å². The molecule has 0 aliphatic heterocycles. The Morgan fingerprint density at radius 3 is 2.35 bits per heavy atom. The van der Waals surface area contributed by atoms with Gasteiger partial charge in [0.25, 0.3) is 0 Å². The van der Waals surface area contributed by atoms with E-state index in [2.05, 4.69) is 0 Å². The second kappa shape index (κ2) is 5.38. The van der Waals surface area contributed by atoms with E-state index >= 15 is 0 Å². The zero-order chi connectivity index (χ0) is 13.1. The summed E-state index contributed by atoms with van der Waals surface area (Å²) < 4.78 is 10.4. The van der Waals surface area contributed by atoms with Gasteiger partial charge in [-0.2, -0.15) is 0 Å². The molecule has 0 aliphatic carbocycles. The quantitative estimate of drug-likeness (QED) is 0.817. The molecule has 1 unspecified atom stereocenters. The summed E-state index contributed by atoms with van der Waals surface area (Å²) in [4.78, 5) is 0. The van der Waals surface area contributed by atoms with Crippen molar-refractivity contribution in [2.45, 2.75) is 19.4 Å². The zero-order valence-corrected chi connectivity index (χ0v) is 10.9. The Balaban J connectivity index is 3.34. The van der Waals surface area contributed by atoms with Gasteiger partial charge in [0.1, 0.15) is 17.1 Å². The maximum absolute atomic E-state index is 10.6. The number of ether oxygens (including phenoxy) is 2. The van der Waals surface area contributed by atoms with Crippen molar-refractivity contribution >= 4 is 0 Å². The molecule has 0 amide bonds. The fourth-order valence-corrected chi connectivity index (χ4v) is 1.81. The molecule has 1 rings (SSSR count). The molecule has 0 saturated carbocycles. The average molecular weight is 239 g/mol. The van der Waals surface area contributed by atoms with Gasteiger partial charge in [-0.15, -0.1) is 0 Å². The van der Waals surface area contributed by atoms with Crippen molar-refractivity contribution in [3.63, 3.8) is 0 Å². The molecule has 0 radical (unpaired) electrons. The van der Waals surface area contributed by atoms with Crippen LogP contribution in [-0.2, 0) is 5.60 Å². The van der Waals surface area contributed by atoms with Gasteiger partial charge in [0.2, 0.25) is 0 Å². The highest BCUT2D eigenvalue weighted by Gasteiger charge is 2.34. The summed E-state index contributed by atoms with van der Waals surface area (Å²) in [6.07, 6.45) is 0. The predicted molar refractivity (Wildman–Crippen MR) is 67.3 cm³/mol. The number of hydrogen-bond donors (Lipinski definition) is 2. The lowest BCUT2D eigenvalue weighted by Crippen LogP contribution is -2.40. The van der Waals surface area contributed by atoms with Crippen LogP contribution in [0.4, 0.5) is 0 Å². The van der Waals surface area contributed by atoms with E-state index in [1.54, 1.807) is 32.4 Å². The number of rotatable bonds is 5. The molecule has 4 nitrogen and oxygen atoms in total. The van der Waals surface area contributed by atoms with Crippen molar-refractivity contribution in [1.82, 2.24) is 0 Å². The summed E-state index contributed by atoms with van der Waals surface area (Å²) >= 11 is 0. The van der Waals surface area contributed by atoms with E-state index in [4.69, 9.17) is 15.2 Å². The highest BCUT2D eigenvalue weighted by atomic mass is 16.5. The summed E-state index contributed by atoms with van der Waals surface area (Å²) in [5, 5.41) is 10.6. The van der Waals surface area contributed by atoms with Crippen molar-refractivity contribution in [1.29, 1.82) is 0 Å². The second-order valence-electron chi connectivity index (χ2n) is 4.35. The molecule has 0 saturated heterocycles. The highest BCUT2D eigenvalue weighted by Crippen LogP contribution is 2.37. The molecular weight excluding hydrogens is 218 g/mol. The van der Waals surface area contributed by atoms with Crippen LogP contribution in [-0.4, -0.2) is 25.9 Å². The third-order valence-corrected chi connectivity index (χ3v) is 3.14. The lowest BCUT2D eigenvalue weighted by Gasteiger charge is -2.32. The topological polar surface area (TPSA) is 64.7 Å². The van der Waals surface area contributed by atoms with Crippen molar-refractivity contribution in [3.8, 4) is 11.5 Å². The monoisotopic (exact) mass is 239 g/mol. The summed E-state index contributed by atoms with van der Waals surface area (Å²) in [6, 6.07) is 5.34. The first-order valence-corrected chi connectivity index (χ1v) is 5.64. The van der Waals surface area contributed by atoms with E-state index in [0.29, 0.717) is 17.1 Å². The van der Waals surface area contributed by atoms with E-state index < -0.39 is 5.60 Å². The van der Waals surface area contributed by atoms with Crippen LogP contribution in [0, 0.1) is 5.92 Å². The molecular formula is C13H21NO3. The zero-order valence-electron chi connectivity index (χ0n) is 10.9. The lowest BCUT2D eigenvalue weighted by molar-refractivity contribution is -0.00330. The molecule has 0 spiro atoms. The van der Waals surface area contributed by atoms with Crippen LogP contribution in [0.3, 0.4) is 0 Å². The van der Waals surface area contributed by atoms with Gasteiger partial charge in [0.05, 0.1) is 14.2 Å². The van der Waals surface area contributed by atoms with Crippen LogP contribution in [0.15, 0.2) is 18.2 Å². The van der Waals surface area contributed by atoms with E-state index in [1.165, 1.54) is 0 Å². The summed E-state index contributed by atoms with van der Waals surface area (Å²) in [7, 11) is 3.16. The molecule has 0 heterocycles. The van der Waals surface area contributed by atoms with Crippen LogP contribution in [0.25, 0.3) is 0 Å². The first-order valence-electron chi connectivity index (χ1n) is 5.64. The molecule has 1 aromatic carbocycles. The van der Waals surface area contributed by atoms with Gasteiger partial charge in [0, 0.05) is 12.1 Å². The molecule has 3 N–H and O–H groups in total. The van der Waals surface area contributed by atoms with Crippen LogP contribution < -0.4 is 15.2 Å². The molecule has 0 aliphatic rings. The number of methoxy groups -OCH3 is 2. The molecule has 17 heavy (non-hydrogen) atoms. The third-order valence-electron chi connectivity index (χ3n) is 3.14. The fourth-order valence-electron chi connectivity index (χ4n) is 1.81. The fraction of sp³-hybridized carbons (Fsp3) is 0.538. The second-order valence-corrected chi connectivity index (χ2v) is 4.35. The Labute approximate surface area is 102 Å². The summed E-state index contributed by atoms with van der Waals surface area (Å²) in [5.74, 6) is 1.27. The molecule has 0 bridgehead atoms. The number of aliphatic hydroxyl groups is 1. The summed E-state index contributed by atoms with van der Waals surface area (Å²) in [6.45, 7) is 3.98. The van der Waals surface area contributed by atoms with Gasteiger partial charge in [-0.25, -0.2) is 0 Å². The Morgan fingerprint density at radius 2 is 1.94 bits per heavy atom. The first-order chi connectivity index (χ1) is 7.99. The first kappa shape index (κ1) is 13.8. The third kappa shape index (κ3) is 2.53. The van der Waals surface area contributed by atoms with Crippen LogP contribution in [0.2, 0.25) is 0 Å². The predicted octanol–water partition coefficient (Wildman–Crippen LogP) is 1.51. The Kier molecular flexibility index (Phi) is 4.37. The number of hydrogen-bond acceptors (Lipinski definition) is 4. The van der Waals surface area contributed by atoms with Crippen molar-refractivity contribution in [3.05, 3.63) is 23.8 Å². The number of nitrogens with two attached hydrogens (primary N) is 1.